The highest BCUT2D eigenvalue weighted by Crippen LogP contribution is 1.99. The van der Waals surface area contributed by atoms with Crippen molar-refractivity contribution in [1.82, 2.24) is 10.2 Å². The van der Waals surface area contributed by atoms with E-state index in [1.54, 1.807) is 7.11 Å². The second-order valence-corrected chi connectivity index (χ2v) is 3.80. The van der Waals surface area contributed by atoms with Gasteiger partial charge in [-0.3, -0.25) is 0 Å². The smallest absolute Gasteiger partial charge is 0.0477 e. The van der Waals surface area contributed by atoms with Gasteiger partial charge in [0, 0.05) is 32.3 Å². The van der Waals surface area contributed by atoms with E-state index in [0.717, 1.165) is 19.6 Å². The van der Waals surface area contributed by atoms with Crippen molar-refractivity contribution >= 4 is 0 Å². The number of methoxy groups -OCH3 is 1. The molecule has 1 unspecified atom stereocenters. The molecule has 0 spiro atoms. The zero-order valence-corrected chi connectivity index (χ0v) is 9.63. The van der Waals surface area contributed by atoms with Crippen LogP contribution in [-0.4, -0.2) is 51.3 Å². The Morgan fingerprint density at radius 1 is 1.38 bits per heavy atom. The average Bonchev–Trinajstić information content (AvgIpc) is 2.11. The summed E-state index contributed by atoms with van der Waals surface area (Å²) < 4.78 is 5.06. The van der Waals surface area contributed by atoms with Gasteiger partial charge in [0.2, 0.25) is 0 Å². The molecular formula is C10H24N2O. The van der Waals surface area contributed by atoms with Crippen LogP contribution in [0.4, 0.5) is 0 Å². The van der Waals surface area contributed by atoms with Gasteiger partial charge in [-0.1, -0.05) is 0 Å². The van der Waals surface area contributed by atoms with E-state index >= 15 is 0 Å². The van der Waals surface area contributed by atoms with Gasteiger partial charge >= 0.3 is 0 Å². The number of hydrogen-bond donors (Lipinski definition) is 1. The van der Waals surface area contributed by atoms with E-state index in [1.165, 1.54) is 0 Å². The molecule has 0 aromatic heterocycles. The van der Waals surface area contributed by atoms with Crippen LogP contribution in [0.5, 0.6) is 0 Å². The van der Waals surface area contributed by atoms with Crippen molar-refractivity contribution < 1.29 is 4.74 Å². The summed E-state index contributed by atoms with van der Waals surface area (Å²) in [5, 5.41) is 3.30. The molecule has 0 aliphatic carbocycles. The first-order valence-electron chi connectivity index (χ1n) is 4.98. The van der Waals surface area contributed by atoms with Crippen LogP contribution in [-0.2, 0) is 4.74 Å². The van der Waals surface area contributed by atoms with Gasteiger partial charge in [-0.05, 0) is 34.4 Å². The molecule has 0 fully saturated rings. The third kappa shape index (κ3) is 6.02. The third-order valence-electron chi connectivity index (χ3n) is 2.47. The van der Waals surface area contributed by atoms with Gasteiger partial charge in [-0.25, -0.2) is 0 Å². The second kappa shape index (κ2) is 7.30. The maximum absolute atomic E-state index is 5.06. The summed E-state index contributed by atoms with van der Waals surface area (Å²) in [6.45, 7) is 6.33. The highest BCUT2D eigenvalue weighted by molar-refractivity contribution is 4.70. The molecule has 0 amide bonds. The standard InChI is InChI=1S/C10H24N2O/c1-9(2)12(4)8-10(11-3)6-7-13-5/h9-11H,6-8H2,1-5H3. The first-order valence-corrected chi connectivity index (χ1v) is 4.98. The lowest BCUT2D eigenvalue weighted by Gasteiger charge is -2.26. The summed E-state index contributed by atoms with van der Waals surface area (Å²) in [7, 11) is 5.91. The Balaban J connectivity index is 3.69. The van der Waals surface area contributed by atoms with Gasteiger partial charge in [0.05, 0.1) is 0 Å². The van der Waals surface area contributed by atoms with Gasteiger partial charge in [-0.2, -0.15) is 0 Å². The lowest BCUT2D eigenvalue weighted by atomic mass is 10.2. The monoisotopic (exact) mass is 188 g/mol. The van der Waals surface area contributed by atoms with E-state index < -0.39 is 0 Å². The Hall–Kier alpha value is -0.120. The lowest BCUT2D eigenvalue weighted by Crippen LogP contribution is -2.41. The average molecular weight is 188 g/mol. The molecule has 80 valence electrons. The molecule has 0 aliphatic rings. The maximum Gasteiger partial charge on any atom is 0.0477 e. The van der Waals surface area contributed by atoms with E-state index in [-0.39, 0.29) is 0 Å². The van der Waals surface area contributed by atoms with Crippen molar-refractivity contribution in [1.29, 1.82) is 0 Å². The first kappa shape index (κ1) is 12.9. The van der Waals surface area contributed by atoms with E-state index in [4.69, 9.17) is 4.74 Å². The fraction of sp³-hybridized carbons (Fsp3) is 1.00. The number of nitrogens with one attached hydrogen (secondary N) is 1. The Morgan fingerprint density at radius 2 is 2.00 bits per heavy atom. The molecular weight excluding hydrogens is 164 g/mol. The van der Waals surface area contributed by atoms with Crippen LogP contribution in [0.25, 0.3) is 0 Å². The number of likely N-dealkylation sites (N-methyl/N-ethyl adjacent to an activating group) is 2. The Morgan fingerprint density at radius 3 is 2.38 bits per heavy atom. The summed E-state index contributed by atoms with van der Waals surface area (Å²) in [6.07, 6.45) is 1.07. The Kier molecular flexibility index (Phi) is 7.23. The normalized spacial score (nSPS) is 14.1. The molecule has 0 aromatic rings. The number of ether oxygens (including phenoxy) is 1. The highest BCUT2D eigenvalue weighted by Gasteiger charge is 2.10. The largest absolute Gasteiger partial charge is 0.385 e. The van der Waals surface area contributed by atoms with Crippen molar-refractivity contribution in [2.45, 2.75) is 32.4 Å². The fourth-order valence-corrected chi connectivity index (χ4v) is 1.15. The van der Waals surface area contributed by atoms with Crippen LogP contribution in [0.1, 0.15) is 20.3 Å². The van der Waals surface area contributed by atoms with Crippen LogP contribution >= 0.6 is 0 Å². The molecule has 0 aromatic carbocycles. The van der Waals surface area contributed by atoms with Crippen molar-refractivity contribution in [3.05, 3.63) is 0 Å². The van der Waals surface area contributed by atoms with Gasteiger partial charge in [0.25, 0.3) is 0 Å². The molecule has 0 bridgehead atoms. The topological polar surface area (TPSA) is 24.5 Å². The molecule has 0 aliphatic heterocycles. The Labute approximate surface area is 82.4 Å². The first-order chi connectivity index (χ1) is 6.11. The molecule has 0 radical (unpaired) electrons. The molecule has 0 saturated heterocycles. The summed E-state index contributed by atoms with van der Waals surface area (Å²) in [4.78, 5) is 2.34. The zero-order valence-electron chi connectivity index (χ0n) is 9.63. The van der Waals surface area contributed by atoms with Gasteiger partial charge < -0.3 is 15.0 Å². The molecule has 1 atom stereocenters. The molecule has 0 saturated carbocycles. The molecule has 0 heterocycles. The minimum absolute atomic E-state index is 0.535. The van der Waals surface area contributed by atoms with Crippen LogP contribution in [0.3, 0.4) is 0 Å². The Bertz CT molecular complexity index is 117. The quantitative estimate of drug-likeness (QED) is 0.644. The predicted octanol–water partition coefficient (Wildman–Crippen LogP) is 0.951. The number of hydrogen-bond acceptors (Lipinski definition) is 3. The van der Waals surface area contributed by atoms with Crippen molar-refractivity contribution in [2.24, 2.45) is 0 Å². The molecule has 0 rings (SSSR count). The minimum Gasteiger partial charge on any atom is -0.385 e. The summed E-state index contributed by atoms with van der Waals surface area (Å²) >= 11 is 0. The molecule has 13 heavy (non-hydrogen) atoms. The third-order valence-corrected chi connectivity index (χ3v) is 2.47. The van der Waals surface area contributed by atoms with E-state index in [0.29, 0.717) is 12.1 Å². The number of nitrogens with zero attached hydrogens (tertiary/aromatic N) is 1. The minimum atomic E-state index is 0.535. The van der Waals surface area contributed by atoms with Gasteiger partial charge in [-0.15, -0.1) is 0 Å². The SMILES string of the molecule is CNC(CCOC)CN(C)C(C)C. The summed E-state index contributed by atoms with van der Waals surface area (Å²) in [5.41, 5.74) is 0. The van der Waals surface area contributed by atoms with Crippen LogP contribution in [0.2, 0.25) is 0 Å². The van der Waals surface area contributed by atoms with E-state index in [1.807, 2.05) is 7.05 Å². The zero-order chi connectivity index (χ0) is 10.3. The van der Waals surface area contributed by atoms with Crippen molar-refractivity contribution in [3.8, 4) is 0 Å². The van der Waals surface area contributed by atoms with E-state index in [2.05, 4.69) is 31.1 Å². The van der Waals surface area contributed by atoms with Crippen LogP contribution < -0.4 is 5.32 Å². The lowest BCUT2D eigenvalue weighted by molar-refractivity contribution is 0.167. The van der Waals surface area contributed by atoms with Crippen molar-refractivity contribution in [3.63, 3.8) is 0 Å². The number of rotatable bonds is 7. The maximum atomic E-state index is 5.06. The van der Waals surface area contributed by atoms with Gasteiger partial charge in [0.1, 0.15) is 0 Å². The summed E-state index contributed by atoms with van der Waals surface area (Å²) in [6, 6.07) is 1.14. The molecule has 3 heteroatoms. The van der Waals surface area contributed by atoms with Crippen LogP contribution in [0, 0.1) is 0 Å². The second-order valence-electron chi connectivity index (χ2n) is 3.80. The molecule has 1 N–H and O–H groups in total. The highest BCUT2D eigenvalue weighted by atomic mass is 16.5. The predicted molar refractivity (Wildman–Crippen MR) is 57.1 cm³/mol. The summed E-state index contributed by atoms with van der Waals surface area (Å²) in [5.74, 6) is 0. The van der Waals surface area contributed by atoms with E-state index in [9.17, 15) is 0 Å². The fourth-order valence-electron chi connectivity index (χ4n) is 1.15. The van der Waals surface area contributed by atoms with Crippen LogP contribution in [0.15, 0.2) is 0 Å². The van der Waals surface area contributed by atoms with Gasteiger partial charge in [0.15, 0.2) is 0 Å². The molecule has 3 nitrogen and oxygen atoms in total. The van der Waals surface area contributed by atoms with Crippen molar-refractivity contribution in [2.75, 3.05) is 34.4 Å².